The highest BCUT2D eigenvalue weighted by atomic mass is 16.4. The molecule has 0 aliphatic carbocycles. The van der Waals surface area contributed by atoms with Crippen LogP contribution in [0.2, 0.25) is 0 Å². The summed E-state index contributed by atoms with van der Waals surface area (Å²) in [6.45, 7) is 7.80. The van der Waals surface area contributed by atoms with E-state index in [2.05, 4.69) is 43.5 Å². The SMILES string of the molecule is C=CC(=O)N(c1ccc2nc(N3CCCC(N(C)C)C3)cc(C)c2c1)c1cc2ccccc2o1. The van der Waals surface area contributed by atoms with Crippen molar-refractivity contribution in [2.75, 3.05) is 37.0 Å². The van der Waals surface area contributed by atoms with Crippen LogP contribution in [0.15, 0.2) is 71.7 Å². The van der Waals surface area contributed by atoms with Crippen LogP contribution in [0.4, 0.5) is 17.4 Å². The highest BCUT2D eigenvalue weighted by Gasteiger charge is 2.24. The lowest BCUT2D eigenvalue weighted by atomic mass is 10.0. The number of likely N-dealkylation sites (N-methyl/N-ethyl adjacent to an activating group) is 1. The molecule has 1 aliphatic heterocycles. The maximum Gasteiger partial charge on any atom is 0.257 e. The molecule has 6 heteroatoms. The number of amides is 1. The molecule has 1 fully saturated rings. The average molecular weight is 455 g/mol. The van der Waals surface area contributed by atoms with Gasteiger partial charge in [-0.1, -0.05) is 24.8 Å². The molecule has 5 rings (SSSR count). The highest BCUT2D eigenvalue weighted by Crippen LogP contribution is 2.34. The number of benzene rings is 2. The summed E-state index contributed by atoms with van der Waals surface area (Å²) in [5.41, 5.74) is 3.51. The van der Waals surface area contributed by atoms with E-state index in [1.807, 2.05) is 48.5 Å². The standard InChI is InChI=1S/C28H30N4O2/c1-5-27(33)32(28-16-20-9-6-7-11-25(20)34-28)21-12-13-24-23(17-21)19(2)15-26(29-24)31-14-8-10-22(18-31)30(3)4/h5-7,9,11-13,15-17,22H,1,8,10,14,18H2,2-4H3. The van der Waals surface area contributed by atoms with E-state index in [1.165, 1.54) is 12.5 Å². The minimum atomic E-state index is -0.247. The highest BCUT2D eigenvalue weighted by molar-refractivity contribution is 6.08. The number of pyridine rings is 1. The number of nitrogens with zero attached hydrogens (tertiary/aromatic N) is 4. The molecule has 6 nitrogen and oxygen atoms in total. The van der Waals surface area contributed by atoms with Gasteiger partial charge in [0.1, 0.15) is 11.4 Å². The fourth-order valence-corrected chi connectivity index (χ4v) is 4.78. The molecule has 0 saturated carbocycles. The van der Waals surface area contributed by atoms with Crippen LogP contribution in [0.5, 0.6) is 0 Å². The first kappa shape index (κ1) is 22.2. The Hall–Kier alpha value is -3.64. The molecule has 174 valence electrons. The van der Waals surface area contributed by atoms with Gasteiger partial charge < -0.3 is 14.2 Å². The van der Waals surface area contributed by atoms with Crippen LogP contribution >= 0.6 is 0 Å². The van der Waals surface area contributed by atoms with Gasteiger partial charge in [0.05, 0.1) is 11.2 Å². The Morgan fingerprint density at radius 3 is 2.76 bits per heavy atom. The number of carbonyl (C=O) groups is 1. The summed E-state index contributed by atoms with van der Waals surface area (Å²) >= 11 is 0. The van der Waals surface area contributed by atoms with Crippen molar-refractivity contribution in [1.82, 2.24) is 9.88 Å². The molecular formula is C28H30N4O2. The first-order valence-corrected chi connectivity index (χ1v) is 11.7. The fourth-order valence-electron chi connectivity index (χ4n) is 4.78. The Morgan fingerprint density at radius 1 is 1.18 bits per heavy atom. The third-order valence-electron chi connectivity index (χ3n) is 6.72. The van der Waals surface area contributed by atoms with E-state index < -0.39 is 0 Å². The zero-order valence-electron chi connectivity index (χ0n) is 20.0. The lowest BCUT2D eigenvalue weighted by Crippen LogP contribution is -2.45. The van der Waals surface area contributed by atoms with E-state index in [4.69, 9.17) is 9.40 Å². The number of para-hydroxylation sites is 1. The molecule has 2 aromatic heterocycles. The van der Waals surface area contributed by atoms with Crippen molar-refractivity contribution < 1.29 is 9.21 Å². The third kappa shape index (κ3) is 4.05. The van der Waals surface area contributed by atoms with Gasteiger partial charge in [-0.2, -0.15) is 0 Å². The number of fused-ring (bicyclic) bond motifs is 2. The molecule has 1 amide bonds. The second kappa shape index (κ2) is 8.95. The molecule has 0 N–H and O–H groups in total. The van der Waals surface area contributed by atoms with E-state index in [-0.39, 0.29) is 5.91 Å². The number of hydrogen-bond donors (Lipinski definition) is 0. The van der Waals surface area contributed by atoms with E-state index in [9.17, 15) is 4.79 Å². The van der Waals surface area contributed by atoms with E-state index >= 15 is 0 Å². The number of piperidine rings is 1. The molecule has 1 saturated heterocycles. The topological polar surface area (TPSA) is 52.8 Å². The molecule has 4 aromatic rings. The fraction of sp³-hybridized carbons (Fsp3) is 0.286. The van der Waals surface area contributed by atoms with Crippen molar-refractivity contribution in [3.8, 4) is 0 Å². The van der Waals surface area contributed by atoms with Gasteiger partial charge in [-0.05, 0) is 75.8 Å². The van der Waals surface area contributed by atoms with Gasteiger partial charge in [-0.15, -0.1) is 0 Å². The zero-order chi connectivity index (χ0) is 23.8. The minimum absolute atomic E-state index is 0.247. The Bertz CT molecular complexity index is 1340. The van der Waals surface area contributed by atoms with Crippen LogP contribution in [0.1, 0.15) is 18.4 Å². The third-order valence-corrected chi connectivity index (χ3v) is 6.72. The van der Waals surface area contributed by atoms with Crippen LogP contribution in [0.3, 0.4) is 0 Å². The van der Waals surface area contributed by atoms with Gasteiger partial charge in [-0.3, -0.25) is 4.79 Å². The summed E-state index contributed by atoms with van der Waals surface area (Å²) in [5.74, 6) is 1.24. The summed E-state index contributed by atoms with van der Waals surface area (Å²) in [5, 5.41) is 1.96. The number of aryl methyl sites for hydroxylation is 1. The second-order valence-corrected chi connectivity index (χ2v) is 9.20. The largest absolute Gasteiger partial charge is 0.440 e. The second-order valence-electron chi connectivity index (χ2n) is 9.20. The monoisotopic (exact) mass is 454 g/mol. The van der Waals surface area contributed by atoms with Gasteiger partial charge in [0.25, 0.3) is 5.91 Å². The van der Waals surface area contributed by atoms with E-state index in [1.54, 1.807) is 4.90 Å². The number of hydrogen-bond acceptors (Lipinski definition) is 5. The summed E-state index contributed by atoms with van der Waals surface area (Å²) < 4.78 is 6.01. The molecule has 3 heterocycles. The summed E-state index contributed by atoms with van der Waals surface area (Å²) in [4.78, 5) is 24.1. The number of anilines is 3. The van der Waals surface area contributed by atoms with Crippen LogP contribution in [0.25, 0.3) is 21.9 Å². The van der Waals surface area contributed by atoms with Crippen molar-refractivity contribution in [3.05, 3.63) is 72.8 Å². The van der Waals surface area contributed by atoms with Gasteiger partial charge in [0.2, 0.25) is 5.88 Å². The number of aromatic nitrogens is 1. The zero-order valence-corrected chi connectivity index (χ0v) is 20.0. The maximum absolute atomic E-state index is 12.9. The predicted octanol–water partition coefficient (Wildman–Crippen LogP) is 5.67. The van der Waals surface area contributed by atoms with Crippen LogP contribution in [-0.4, -0.2) is 49.0 Å². The first-order valence-electron chi connectivity index (χ1n) is 11.7. The lowest BCUT2D eigenvalue weighted by molar-refractivity contribution is -0.113. The average Bonchev–Trinajstić information content (AvgIpc) is 3.27. The molecule has 0 bridgehead atoms. The number of furan rings is 1. The molecule has 1 unspecified atom stereocenters. The smallest absolute Gasteiger partial charge is 0.257 e. The van der Waals surface area contributed by atoms with Crippen molar-refractivity contribution in [2.24, 2.45) is 0 Å². The van der Waals surface area contributed by atoms with Gasteiger partial charge in [-0.25, -0.2) is 9.88 Å². The molecule has 0 radical (unpaired) electrons. The molecule has 1 aliphatic rings. The predicted molar refractivity (Wildman–Crippen MR) is 139 cm³/mol. The summed E-state index contributed by atoms with van der Waals surface area (Å²) in [6, 6.07) is 18.2. The first-order chi connectivity index (χ1) is 16.4. The molecule has 1 atom stereocenters. The van der Waals surface area contributed by atoms with Crippen molar-refractivity contribution >= 4 is 45.2 Å². The van der Waals surface area contributed by atoms with Crippen molar-refractivity contribution in [3.63, 3.8) is 0 Å². The Kier molecular flexibility index (Phi) is 5.84. The summed E-state index contributed by atoms with van der Waals surface area (Å²) in [7, 11) is 4.29. The van der Waals surface area contributed by atoms with Crippen LogP contribution < -0.4 is 9.80 Å². The van der Waals surface area contributed by atoms with E-state index in [0.29, 0.717) is 11.9 Å². The van der Waals surface area contributed by atoms with Crippen molar-refractivity contribution in [2.45, 2.75) is 25.8 Å². The molecule has 34 heavy (non-hydrogen) atoms. The normalized spacial score (nSPS) is 16.4. The minimum Gasteiger partial charge on any atom is -0.440 e. The summed E-state index contributed by atoms with van der Waals surface area (Å²) in [6.07, 6.45) is 3.69. The van der Waals surface area contributed by atoms with Crippen LogP contribution in [-0.2, 0) is 4.79 Å². The Labute approximate surface area is 200 Å². The number of rotatable bonds is 5. The maximum atomic E-state index is 12.9. The lowest BCUT2D eigenvalue weighted by Gasteiger charge is -2.37. The van der Waals surface area contributed by atoms with Gasteiger partial charge in [0, 0.05) is 36.0 Å². The number of carbonyl (C=O) groups excluding carboxylic acids is 1. The van der Waals surface area contributed by atoms with Crippen molar-refractivity contribution in [1.29, 1.82) is 0 Å². The van der Waals surface area contributed by atoms with Crippen LogP contribution in [0, 0.1) is 6.92 Å². The molecular weight excluding hydrogens is 424 g/mol. The Morgan fingerprint density at radius 2 is 2.00 bits per heavy atom. The molecule has 2 aromatic carbocycles. The Balaban J connectivity index is 1.53. The van der Waals surface area contributed by atoms with Gasteiger partial charge in [0.15, 0.2) is 0 Å². The molecule has 0 spiro atoms. The van der Waals surface area contributed by atoms with E-state index in [0.717, 1.165) is 58.5 Å². The quantitative estimate of drug-likeness (QED) is 0.364. The van der Waals surface area contributed by atoms with Gasteiger partial charge >= 0.3 is 0 Å².